The van der Waals surface area contributed by atoms with Gasteiger partial charge in [-0.2, -0.15) is 21.6 Å². The molecule has 0 saturated carbocycles. The number of sulfonamides is 1. The molecule has 2 rings (SSSR count). The number of hydrogen-bond acceptors (Lipinski definition) is 6. The molecule has 11 heteroatoms. The van der Waals surface area contributed by atoms with E-state index in [1.165, 1.54) is 36.8 Å². The Bertz CT molecular complexity index is 875. The first kappa shape index (κ1) is 20.0. The van der Waals surface area contributed by atoms with Crippen molar-refractivity contribution in [1.82, 2.24) is 0 Å². The van der Waals surface area contributed by atoms with Crippen LogP contribution in [0.2, 0.25) is 0 Å². The Morgan fingerprint density at radius 2 is 1.77 bits per heavy atom. The van der Waals surface area contributed by atoms with Gasteiger partial charge in [-0.05, 0) is 29.1 Å². The number of esters is 1. The molecule has 0 amide bonds. The molecule has 0 atom stereocenters. The molecule has 0 fully saturated rings. The lowest BCUT2D eigenvalue weighted by atomic mass is 10.2. The van der Waals surface area contributed by atoms with Gasteiger partial charge in [0.2, 0.25) is 0 Å². The van der Waals surface area contributed by atoms with Gasteiger partial charge in [-0.3, -0.25) is 4.31 Å². The van der Waals surface area contributed by atoms with Crippen LogP contribution in [-0.2, 0) is 21.3 Å². The van der Waals surface area contributed by atoms with Crippen LogP contribution in [0.3, 0.4) is 0 Å². The molecule has 1 heterocycles. The lowest BCUT2D eigenvalue weighted by molar-refractivity contribution is -0.0439. The van der Waals surface area contributed by atoms with Gasteiger partial charge < -0.3 is 9.47 Å². The summed E-state index contributed by atoms with van der Waals surface area (Å²) < 4.78 is 73.2. The number of carbonyl (C=O) groups is 1. The molecule has 0 aliphatic heterocycles. The lowest BCUT2D eigenvalue weighted by Crippen LogP contribution is -2.40. The van der Waals surface area contributed by atoms with Crippen LogP contribution in [0.5, 0.6) is 5.75 Å². The predicted octanol–water partition coefficient (Wildman–Crippen LogP) is 3.40. The topological polar surface area (TPSA) is 72.9 Å². The van der Waals surface area contributed by atoms with E-state index in [0.717, 1.165) is 24.5 Å². The molecule has 0 unspecified atom stereocenters. The summed E-state index contributed by atoms with van der Waals surface area (Å²) in [5, 5.41) is 1.31. The lowest BCUT2D eigenvalue weighted by Gasteiger charge is -2.25. The van der Waals surface area contributed by atoms with Crippen molar-refractivity contribution < 1.29 is 35.9 Å². The van der Waals surface area contributed by atoms with Crippen molar-refractivity contribution >= 4 is 33.0 Å². The molecule has 1 aromatic heterocycles. The smallest absolute Gasteiger partial charge is 0.497 e. The van der Waals surface area contributed by atoms with Gasteiger partial charge in [-0.1, -0.05) is 12.1 Å². The van der Waals surface area contributed by atoms with Crippen molar-refractivity contribution in [3.05, 3.63) is 46.2 Å². The summed E-state index contributed by atoms with van der Waals surface area (Å²) >= 11 is 0.786. The van der Waals surface area contributed by atoms with Crippen LogP contribution in [-0.4, -0.2) is 34.1 Å². The number of hydrogen-bond donors (Lipinski definition) is 0. The van der Waals surface area contributed by atoms with Crippen LogP contribution in [0, 0.1) is 0 Å². The molecule has 6 nitrogen and oxygen atoms in total. The third-order valence-corrected chi connectivity index (χ3v) is 5.73. The SMILES string of the molecule is COC(=O)c1sccc1N(Cc1ccc(OC)cc1)S(=O)(=O)C(F)(F)F. The summed E-state index contributed by atoms with van der Waals surface area (Å²) in [7, 11) is -3.27. The van der Waals surface area contributed by atoms with Gasteiger partial charge in [0.1, 0.15) is 10.6 Å². The molecule has 0 aliphatic carbocycles. The fourth-order valence-electron chi connectivity index (χ4n) is 2.07. The third kappa shape index (κ3) is 3.93. The Morgan fingerprint density at radius 3 is 2.27 bits per heavy atom. The van der Waals surface area contributed by atoms with E-state index < -0.39 is 33.7 Å². The Hall–Kier alpha value is -2.27. The van der Waals surface area contributed by atoms with Gasteiger partial charge in [0.15, 0.2) is 0 Å². The van der Waals surface area contributed by atoms with Gasteiger partial charge in [0, 0.05) is 0 Å². The molecule has 1 aromatic carbocycles. The Balaban J connectivity index is 2.53. The number of halogens is 3. The quantitative estimate of drug-likeness (QED) is 0.684. The highest BCUT2D eigenvalue weighted by Crippen LogP contribution is 2.36. The fourth-order valence-corrected chi connectivity index (χ4v) is 3.92. The van der Waals surface area contributed by atoms with E-state index in [9.17, 15) is 26.4 Å². The molecule has 26 heavy (non-hydrogen) atoms. The minimum atomic E-state index is -5.74. The van der Waals surface area contributed by atoms with Crippen LogP contribution >= 0.6 is 11.3 Å². The van der Waals surface area contributed by atoms with E-state index in [1.54, 1.807) is 0 Å². The maximum Gasteiger partial charge on any atom is 0.516 e. The molecule has 0 aliphatic rings. The number of anilines is 1. The number of nitrogens with zero attached hydrogens (tertiary/aromatic N) is 1. The normalized spacial score (nSPS) is 11.9. The first-order chi connectivity index (χ1) is 12.1. The van der Waals surface area contributed by atoms with Crippen LogP contribution in [0.15, 0.2) is 35.7 Å². The molecule has 0 bridgehead atoms. The summed E-state index contributed by atoms with van der Waals surface area (Å²) in [5.74, 6) is -0.461. The average Bonchev–Trinajstić information content (AvgIpc) is 3.07. The molecular weight excluding hydrogens is 395 g/mol. The Labute approximate surface area is 151 Å². The van der Waals surface area contributed by atoms with Gasteiger partial charge >= 0.3 is 21.5 Å². The highest BCUT2D eigenvalue weighted by Gasteiger charge is 2.51. The zero-order valence-corrected chi connectivity index (χ0v) is 15.2. The first-order valence-corrected chi connectivity index (χ1v) is 9.31. The minimum Gasteiger partial charge on any atom is -0.497 e. The van der Waals surface area contributed by atoms with E-state index in [1.807, 2.05) is 0 Å². The van der Waals surface area contributed by atoms with Crippen LogP contribution in [0.25, 0.3) is 0 Å². The fraction of sp³-hybridized carbons (Fsp3) is 0.267. The van der Waals surface area contributed by atoms with Crippen molar-refractivity contribution in [2.45, 2.75) is 12.1 Å². The number of alkyl halides is 3. The molecule has 0 saturated heterocycles. The maximum atomic E-state index is 13.1. The summed E-state index contributed by atoms with van der Waals surface area (Å²) in [5.41, 5.74) is -5.65. The zero-order chi connectivity index (χ0) is 19.5. The van der Waals surface area contributed by atoms with E-state index in [2.05, 4.69) is 4.74 Å². The molecule has 0 N–H and O–H groups in total. The number of carbonyl (C=O) groups excluding carboxylic acids is 1. The molecule has 142 valence electrons. The molecule has 0 spiro atoms. The largest absolute Gasteiger partial charge is 0.516 e. The highest BCUT2D eigenvalue weighted by molar-refractivity contribution is 7.93. The number of rotatable bonds is 6. The second kappa shape index (κ2) is 7.54. The summed E-state index contributed by atoms with van der Waals surface area (Å²) in [6.07, 6.45) is 0. The van der Waals surface area contributed by atoms with E-state index in [4.69, 9.17) is 4.74 Å². The number of benzene rings is 1. The predicted molar refractivity (Wildman–Crippen MR) is 89.8 cm³/mol. The summed E-state index contributed by atoms with van der Waals surface area (Å²) in [4.78, 5) is 11.5. The van der Waals surface area contributed by atoms with Gasteiger partial charge in [0.25, 0.3) is 0 Å². The number of methoxy groups -OCH3 is 2. The van der Waals surface area contributed by atoms with Crippen molar-refractivity contribution in [3.8, 4) is 5.75 Å². The van der Waals surface area contributed by atoms with Crippen LogP contribution in [0.4, 0.5) is 18.9 Å². The van der Waals surface area contributed by atoms with Crippen molar-refractivity contribution in [2.24, 2.45) is 0 Å². The monoisotopic (exact) mass is 409 g/mol. The Morgan fingerprint density at radius 1 is 1.15 bits per heavy atom. The average molecular weight is 409 g/mol. The summed E-state index contributed by atoms with van der Waals surface area (Å²) in [6, 6.07) is 6.97. The number of thiophene rings is 1. The zero-order valence-electron chi connectivity index (χ0n) is 13.6. The van der Waals surface area contributed by atoms with Crippen molar-refractivity contribution in [3.63, 3.8) is 0 Å². The van der Waals surface area contributed by atoms with E-state index >= 15 is 0 Å². The highest BCUT2D eigenvalue weighted by atomic mass is 32.2. The van der Waals surface area contributed by atoms with Gasteiger partial charge in [-0.25, -0.2) is 4.79 Å². The van der Waals surface area contributed by atoms with Crippen LogP contribution < -0.4 is 9.04 Å². The third-order valence-electron chi connectivity index (χ3n) is 3.35. The first-order valence-electron chi connectivity index (χ1n) is 6.99. The minimum absolute atomic E-state index is 0.150. The summed E-state index contributed by atoms with van der Waals surface area (Å²) in [6.45, 7) is -0.618. The van der Waals surface area contributed by atoms with Crippen molar-refractivity contribution in [2.75, 3.05) is 18.5 Å². The van der Waals surface area contributed by atoms with Crippen LogP contribution in [0.1, 0.15) is 15.2 Å². The van der Waals surface area contributed by atoms with Gasteiger partial charge in [0.05, 0.1) is 26.5 Å². The number of ether oxygens (including phenoxy) is 2. The van der Waals surface area contributed by atoms with Gasteiger partial charge in [-0.15, -0.1) is 11.3 Å². The molecule has 2 aromatic rings. The molecular formula is C15H14F3NO5S2. The van der Waals surface area contributed by atoms with E-state index in [0.29, 0.717) is 5.75 Å². The second-order valence-corrected chi connectivity index (χ2v) is 7.70. The Kier molecular flexibility index (Phi) is 5.81. The standard InChI is InChI=1S/C15H14F3NO5S2/c1-23-11-5-3-10(4-6-11)9-19(26(21,22)15(16,17)18)12-7-8-25-13(12)14(20)24-2/h3-8H,9H2,1-2H3. The van der Waals surface area contributed by atoms with E-state index in [-0.39, 0.29) is 14.7 Å². The van der Waals surface area contributed by atoms with Crippen molar-refractivity contribution in [1.29, 1.82) is 0 Å². The second-order valence-electron chi connectivity index (χ2n) is 4.93. The maximum absolute atomic E-state index is 13.1. The molecule has 0 radical (unpaired) electrons.